The number of halogens is 1. The number of hydrogen-bond acceptors (Lipinski definition) is 3. The summed E-state index contributed by atoms with van der Waals surface area (Å²) in [5.74, 6) is -0.516. The van der Waals surface area contributed by atoms with E-state index in [1.165, 1.54) is 0 Å². The standard InChI is InChI=1S/C18H17ClO4/c1-18(2,17(21)22)11-23-15-9-5-13(6-10-15)16(20)12-3-7-14(19)8-4-12/h3-10H,11H2,1-2H3,(H,21,22). The Morgan fingerprint density at radius 2 is 1.48 bits per heavy atom. The molecular weight excluding hydrogens is 316 g/mol. The fourth-order valence-corrected chi connectivity index (χ4v) is 1.92. The van der Waals surface area contributed by atoms with Crippen LogP contribution < -0.4 is 4.74 Å². The molecule has 0 unspecified atom stereocenters. The first-order chi connectivity index (χ1) is 10.8. The second kappa shape index (κ2) is 6.84. The molecule has 4 nitrogen and oxygen atoms in total. The van der Waals surface area contributed by atoms with Gasteiger partial charge in [0.15, 0.2) is 5.78 Å². The number of carboxylic acids is 1. The van der Waals surface area contributed by atoms with Crippen LogP contribution in [0.2, 0.25) is 5.02 Å². The van der Waals surface area contributed by atoms with Crippen molar-refractivity contribution in [1.29, 1.82) is 0 Å². The molecule has 0 bridgehead atoms. The molecule has 0 amide bonds. The highest BCUT2D eigenvalue weighted by atomic mass is 35.5. The van der Waals surface area contributed by atoms with Gasteiger partial charge in [0.05, 0.1) is 5.41 Å². The molecule has 5 heteroatoms. The predicted molar refractivity (Wildman–Crippen MR) is 88.2 cm³/mol. The summed E-state index contributed by atoms with van der Waals surface area (Å²) in [6.45, 7) is 3.23. The van der Waals surface area contributed by atoms with Crippen molar-refractivity contribution in [1.82, 2.24) is 0 Å². The van der Waals surface area contributed by atoms with Gasteiger partial charge in [-0.3, -0.25) is 9.59 Å². The van der Waals surface area contributed by atoms with Gasteiger partial charge in [0, 0.05) is 16.1 Å². The predicted octanol–water partition coefficient (Wildman–Crippen LogP) is 4.06. The Hall–Kier alpha value is -2.33. The van der Waals surface area contributed by atoms with Crippen LogP contribution in [-0.2, 0) is 4.79 Å². The maximum absolute atomic E-state index is 12.3. The van der Waals surface area contributed by atoms with E-state index < -0.39 is 11.4 Å². The van der Waals surface area contributed by atoms with Crippen molar-refractivity contribution in [3.63, 3.8) is 0 Å². The van der Waals surface area contributed by atoms with E-state index in [-0.39, 0.29) is 12.4 Å². The normalized spacial score (nSPS) is 11.1. The van der Waals surface area contributed by atoms with Crippen LogP contribution >= 0.6 is 11.6 Å². The molecule has 2 rings (SSSR count). The van der Waals surface area contributed by atoms with Crippen LogP contribution in [-0.4, -0.2) is 23.5 Å². The average Bonchev–Trinajstić information content (AvgIpc) is 2.53. The van der Waals surface area contributed by atoms with Crippen LogP contribution in [0.15, 0.2) is 48.5 Å². The topological polar surface area (TPSA) is 63.6 Å². The molecule has 0 saturated heterocycles. The highest BCUT2D eigenvalue weighted by Crippen LogP contribution is 2.21. The summed E-state index contributed by atoms with van der Waals surface area (Å²) in [6, 6.07) is 13.3. The van der Waals surface area contributed by atoms with Gasteiger partial charge in [-0.25, -0.2) is 0 Å². The summed E-state index contributed by atoms with van der Waals surface area (Å²) in [5.41, 5.74) is 0.102. The fourth-order valence-electron chi connectivity index (χ4n) is 1.80. The van der Waals surface area contributed by atoms with Gasteiger partial charge in [-0.15, -0.1) is 0 Å². The Morgan fingerprint density at radius 1 is 1.00 bits per heavy atom. The molecule has 0 spiro atoms. The zero-order chi connectivity index (χ0) is 17.0. The lowest BCUT2D eigenvalue weighted by molar-refractivity contribution is -0.148. The molecule has 0 atom stereocenters. The van der Waals surface area contributed by atoms with E-state index in [9.17, 15) is 9.59 Å². The summed E-state index contributed by atoms with van der Waals surface area (Å²) < 4.78 is 5.48. The summed E-state index contributed by atoms with van der Waals surface area (Å²) in [5, 5.41) is 9.62. The number of ether oxygens (including phenoxy) is 1. The van der Waals surface area contributed by atoms with Crippen LogP contribution in [0, 0.1) is 5.41 Å². The second-order valence-electron chi connectivity index (χ2n) is 5.84. The fraction of sp³-hybridized carbons (Fsp3) is 0.222. The monoisotopic (exact) mass is 332 g/mol. The Morgan fingerprint density at radius 3 is 1.96 bits per heavy atom. The first-order valence-electron chi connectivity index (χ1n) is 7.06. The van der Waals surface area contributed by atoms with Gasteiger partial charge >= 0.3 is 5.97 Å². The molecule has 0 fully saturated rings. The van der Waals surface area contributed by atoms with Crippen molar-refractivity contribution < 1.29 is 19.4 Å². The van der Waals surface area contributed by atoms with E-state index in [0.717, 1.165) is 0 Å². The maximum atomic E-state index is 12.3. The molecule has 0 aromatic heterocycles. The molecule has 0 aliphatic rings. The number of rotatable bonds is 6. The highest BCUT2D eigenvalue weighted by molar-refractivity contribution is 6.30. The zero-order valence-electron chi connectivity index (χ0n) is 12.9. The first kappa shape index (κ1) is 17.0. The van der Waals surface area contributed by atoms with Crippen molar-refractivity contribution >= 4 is 23.4 Å². The third-order valence-electron chi connectivity index (χ3n) is 3.40. The van der Waals surface area contributed by atoms with Crippen LogP contribution in [0.5, 0.6) is 5.75 Å². The maximum Gasteiger partial charge on any atom is 0.312 e. The van der Waals surface area contributed by atoms with Crippen LogP contribution in [0.1, 0.15) is 29.8 Å². The van der Waals surface area contributed by atoms with E-state index in [2.05, 4.69) is 0 Å². The minimum atomic E-state index is -0.974. The number of carboxylic acid groups (broad SMARTS) is 1. The van der Waals surface area contributed by atoms with Gasteiger partial charge in [0.1, 0.15) is 12.4 Å². The number of benzene rings is 2. The number of carbonyl (C=O) groups excluding carboxylic acids is 1. The molecule has 23 heavy (non-hydrogen) atoms. The lowest BCUT2D eigenvalue weighted by Gasteiger charge is -2.19. The van der Waals surface area contributed by atoms with Gasteiger partial charge in [-0.2, -0.15) is 0 Å². The highest BCUT2D eigenvalue weighted by Gasteiger charge is 2.28. The van der Waals surface area contributed by atoms with Gasteiger partial charge < -0.3 is 9.84 Å². The van der Waals surface area contributed by atoms with Crippen molar-refractivity contribution in [3.05, 3.63) is 64.7 Å². The van der Waals surface area contributed by atoms with Gasteiger partial charge in [0.2, 0.25) is 0 Å². The average molecular weight is 333 g/mol. The Labute approximate surface area is 139 Å². The van der Waals surface area contributed by atoms with Crippen molar-refractivity contribution in [2.75, 3.05) is 6.61 Å². The Balaban J connectivity index is 2.06. The molecule has 0 radical (unpaired) electrons. The largest absolute Gasteiger partial charge is 0.492 e. The number of aliphatic carboxylic acids is 1. The lowest BCUT2D eigenvalue weighted by Crippen LogP contribution is -2.30. The number of ketones is 1. The smallest absolute Gasteiger partial charge is 0.312 e. The molecule has 2 aromatic carbocycles. The van der Waals surface area contributed by atoms with E-state index in [4.69, 9.17) is 21.4 Å². The van der Waals surface area contributed by atoms with E-state index in [1.807, 2.05) is 0 Å². The molecule has 1 N–H and O–H groups in total. The van der Waals surface area contributed by atoms with Gasteiger partial charge in [-0.1, -0.05) is 11.6 Å². The molecule has 0 saturated carbocycles. The summed E-state index contributed by atoms with van der Waals surface area (Å²) >= 11 is 5.81. The molecule has 0 aliphatic heterocycles. The summed E-state index contributed by atoms with van der Waals surface area (Å²) in [7, 11) is 0. The molecular formula is C18H17ClO4. The van der Waals surface area contributed by atoms with Gasteiger partial charge in [0.25, 0.3) is 0 Å². The SMILES string of the molecule is CC(C)(COc1ccc(C(=O)c2ccc(Cl)cc2)cc1)C(=O)O. The van der Waals surface area contributed by atoms with Crippen LogP contribution in [0.25, 0.3) is 0 Å². The van der Waals surface area contributed by atoms with E-state index >= 15 is 0 Å². The zero-order valence-corrected chi connectivity index (χ0v) is 13.6. The third-order valence-corrected chi connectivity index (χ3v) is 3.65. The van der Waals surface area contributed by atoms with Crippen molar-refractivity contribution in [2.45, 2.75) is 13.8 Å². The Bertz CT molecular complexity index is 703. The van der Waals surface area contributed by atoms with Gasteiger partial charge in [-0.05, 0) is 62.4 Å². The molecule has 2 aromatic rings. The van der Waals surface area contributed by atoms with Crippen LogP contribution in [0.3, 0.4) is 0 Å². The van der Waals surface area contributed by atoms with E-state index in [0.29, 0.717) is 21.9 Å². The van der Waals surface area contributed by atoms with Crippen LogP contribution in [0.4, 0.5) is 0 Å². The Kier molecular flexibility index (Phi) is 5.06. The minimum absolute atomic E-state index is 0.0484. The lowest BCUT2D eigenvalue weighted by atomic mass is 9.95. The number of carbonyl (C=O) groups is 2. The van der Waals surface area contributed by atoms with E-state index in [1.54, 1.807) is 62.4 Å². The van der Waals surface area contributed by atoms with Crippen molar-refractivity contribution in [2.24, 2.45) is 5.41 Å². The number of hydrogen-bond donors (Lipinski definition) is 1. The van der Waals surface area contributed by atoms with Crippen molar-refractivity contribution in [3.8, 4) is 5.75 Å². The molecule has 120 valence electrons. The first-order valence-corrected chi connectivity index (χ1v) is 7.44. The summed E-state index contributed by atoms with van der Waals surface area (Å²) in [4.78, 5) is 23.3. The summed E-state index contributed by atoms with van der Waals surface area (Å²) in [6.07, 6.45) is 0. The minimum Gasteiger partial charge on any atom is -0.492 e. The quantitative estimate of drug-likeness (QED) is 0.810. The molecule has 0 heterocycles. The third kappa shape index (κ3) is 4.33. The molecule has 0 aliphatic carbocycles. The second-order valence-corrected chi connectivity index (χ2v) is 6.27.